The van der Waals surface area contributed by atoms with Crippen molar-refractivity contribution in [1.82, 2.24) is 9.55 Å². The predicted octanol–water partition coefficient (Wildman–Crippen LogP) is 4.11. The van der Waals surface area contributed by atoms with Crippen LogP contribution in [0, 0.1) is 6.92 Å². The summed E-state index contributed by atoms with van der Waals surface area (Å²) in [5.74, 6) is -0.927. The Hall–Kier alpha value is -2.88. The summed E-state index contributed by atoms with van der Waals surface area (Å²) >= 11 is 0. The molecule has 0 bridgehead atoms. The van der Waals surface area contributed by atoms with Gasteiger partial charge in [0.2, 0.25) is 0 Å². The summed E-state index contributed by atoms with van der Waals surface area (Å²) in [5, 5.41) is 9.45. The number of hydrogen-bond donors (Lipinski definition) is 1. The normalized spacial score (nSPS) is 10.7. The molecule has 3 aromatic rings. The van der Waals surface area contributed by atoms with Crippen LogP contribution in [0.2, 0.25) is 0 Å². The van der Waals surface area contributed by atoms with Gasteiger partial charge in [-0.3, -0.25) is 4.98 Å². The van der Waals surface area contributed by atoms with Crippen LogP contribution < -0.4 is 0 Å². The fourth-order valence-electron chi connectivity index (χ4n) is 2.74. The molecule has 0 saturated carbocycles. The molecule has 4 nitrogen and oxygen atoms in total. The molecule has 1 N–H and O–H groups in total. The van der Waals surface area contributed by atoms with Crippen molar-refractivity contribution in [2.75, 3.05) is 0 Å². The van der Waals surface area contributed by atoms with Gasteiger partial charge in [-0.05, 0) is 49.2 Å². The van der Waals surface area contributed by atoms with Gasteiger partial charge < -0.3 is 9.67 Å². The molecule has 1 aromatic carbocycles. The fraction of sp³-hybridized carbons (Fsp3) is 0.158. The zero-order valence-electron chi connectivity index (χ0n) is 13.2. The van der Waals surface area contributed by atoms with Crippen LogP contribution in [0.3, 0.4) is 0 Å². The molecule has 0 radical (unpaired) electrons. The van der Waals surface area contributed by atoms with Gasteiger partial charge in [-0.15, -0.1) is 0 Å². The highest BCUT2D eigenvalue weighted by Gasteiger charge is 2.19. The summed E-state index contributed by atoms with van der Waals surface area (Å²) < 4.78 is 1.95. The maximum atomic E-state index is 11.5. The quantitative estimate of drug-likeness (QED) is 0.789. The minimum Gasteiger partial charge on any atom is -0.478 e. The third-order valence-corrected chi connectivity index (χ3v) is 4.01. The summed E-state index contributed by atoms with van der Waals surface area (Å²) in [4.78, 5) is 15.9. The second-order valence-electron chi connectivity index (χ2n) is 5.40. The fourth-order valence-corrected chi connectivity index (χ4v) is 2.74. The second-order valence-corrected chi connectivity index (χ2v) is 5.40. The lowest BCUT2D eigenvalue weighted by molar-refractivity contribution is 0.0696. The number of benzene rings is 1. The number of carboxylic acids is 1. The third kappa shape index (κ3) is 2.75. The van der Waals surface area contributed by atoms with Crippen LogP contribution >= 0.6 is 0 Å². The van der Waals surface area contributed by atoms with Crippen molar-refractivity contribution in [2.45, 2.75) is 20.3 Å². The number of aromatic nitrogens is 2. The number of aromatic carboxylic acids is 1. The van der Waals surface area contributed by atoms with E-state index in [9.17, 15) is 9.90 Å². The van der Waals surface area contributed by atoms with Gasteiger partial charge in [0.1, 0.15) is 0 Å². The molecular weight excluding hydrogens is 288 g/mol. The van der Waals surface area contributed by atoms with Crippen LogP contribution in [0.15, 0.2) is 54.7 Å². The molecule has 116 valence electrons. The van der Waals surface area contributed by atoms with Crippen molar-refractivity contribution in [3.05, 3.63) is 71.5 Å². The number of rotatable bonds is 4. The van der Waals surface area contributed by atoms with Crippen molar-refractivity contribution in [1.29, 1.82) is 0 Å². The number of aryl methyl sites for hydroxylation is 1. The van der Waals surface area contributed by atoms with E-state index in [-0.39, 0.29) is 0 Å². The van der Waals surface area contributed by atoms with Gasteiger partial charge in [0, 0.05) is 17.6 Å². The Morgan fingerprint density at radius 1 is 1.17 bits per heavy atom. The molecule has 23 heavy (non-hydrogen) atoms. The largest absolute Gasteiger partial charge is 0.478 e. The molecule has 2 heterocycles. The van der Waals surface area contributed by atoms with Crippen molar-refractivity contribution in [2.24, 2.45) is 0 Å². The lowest BCUT2D eigenvalue weighted by Gasteiger charge is -2.12. The van der Waals surface area contributed by atoms with Gasteiger partial charge in [0.15, 0.2) is 0 Å². The smallest absolute Gasteiger partial charge is 0.337 e. The van der Waals surface area contributed by atoms with Crippen LogP contribution in [0.25, 0.3) is 17.1 Å². The Morgan fingerprint density at radius 3 is 2.48 bits per heavy atom. The minimum absolute atomic E-state index is 0.297. The molecular formula is C19H18N2O2. The van der Waals surface area contributed by atoms with Crippen LogP contribution in [-0.4, -0.2) is 20.6 Å². The maximum Gasteiger partial charge on any atom is 0.337 e. The van der Waals surface area contributed by atoms with Crippen molar-refractivity contribution < 1.29 is 9.90 Å². The summed E-state index contributed by atoms with van der Waals surface area (Å²) in [6.45, 7) is 3.93. The SMILES string of the molecule is CCc1ccc(-n2c(-c3ccccn3)cc(C(=O)O)c2C)cc1. The van der Waals surface area contributed by atoms with E-state index in [2.05, 4.69) is 24.0 Å². The number of carboxylic acid groups (broad SMARTS) is 1. The number of nitrogens with zero attached hydrogens (tertiary/aromatic N) is 2. The van der Waals surface area contributed by atoms with E-state index in [4.69, 9.17) is 0 Å². The molecule has 0 aliphatic carbocycles. The summed E-state index contributed by atoms with van der Waals surface area (Å²) in [6.07, 6.45) is 2.68. The lowest BCUT2D eigenvalue weighted by atomic mass is 10.1. The van der Waals surface area contributed by atoms with E-state index in [1.807, 2.05) is 41.8 Å². The predicted molar refractivity (Wildman–Crippen MR) is 90.1 cm³/mol. The molecule has 4 heteroatoms. The monoisotopic (exact) mass is 306 g/mol. The van der Waals surface area contributed by atoms with Crippen LogP contribution in [0.1, 0.15) is 28.5 Å². The van der Waals surface area contributed by atoms with E-state index >= 15 is 0 Å². The lowest BCUT2D eigenvalue weighted by Crippen LogP contribution is -2.03. The molecule has 0 unspecified atom stereocenters. The first kappa shape index (κ1) is 15.0. The van der Waals surface area contributed by atoms with Crippen LogP contribution in [0.4, 0.5) is 0 Å². The van der Waals surface area contributed by atoms with E-state index in [0.717, 1.165) is 23.5 Å². The van der Waals surface area contributed by atoms with Gasteiger partial charge >= 0.3 is 5.97 Å². The van der Waals surface area contributed by atoms with Crippen molar-refractivity contribution in [3.63, 3.8) is 0 Å². The molecule has 0 aliphatic heterocycles. The first-order valence-electron chi connectivity index (χ1n) is 7.58. The van der Waals surface area contributed by atoms with E-state index in [0.29, 0.717) is 11.3 Å². The van der Waals surface area contributed by atoms with Gasteiger partial charge in [0.25, 0.3) is 0 Å². The molecule has 0 fully saturated rings. The molecule has 0 saturated heterocycles. The number of hydrogen-bond acceptors (Lipinski definition) is 2. The Balaban J connectivity index is 2.23. The zero-order valence-corrected chi connectivity index (χ0v) is 13.2. The van der Waals surface area contributed by atoms with E-state index in [1.54, 1.807) is 12.3 Å². The molecule has 0 amide bonds. The maximum absolute atomic E-state index is 11.5. The average Bonchev–Trinajstić information content (AvgIpc) is 2.93. The molecule has 3 rings (SSSR count). The zero-order chi connectivity index (χ0) is 16.4. The van der Waals surface area contributed by atoms with E-state index < -0.39 is 5.97 Å². The van der Waals surface area contributed by atoms with Crippen molar-refractivity contribution in [3.8, 4) is 17.1 Å². The van der Waals surface area contributed by atoms with E-state index in [1.165, 1.54) is 5.56 Å². The highest BCUT2D eigenvalue weighted by Crippen LogP contribution is 2.28. The Morgan fingerprint density at radius 2 is 1.91 bits per heavy atom. The highest BCUT2D eigenvalue weighted by atomic mass is 16.4. The molecule has 0 aliphatic rings. The van der Waals surface area contributed by atoms with Gasteiger partial charge in [-0.1, -0.05) is 25.1 Å². The standard InChI is InChI=1S/C19H18N2O2/c1-3-14-7-9-15(10-8-14)21-13(2)16(19(22)23)12-18(21)17-6-4-5-11-20-17/h4-12H,3H2,1-2H3,(H,22,23). The summed E-state index contributed by atoms with van der Waals surface area (Å²) in [7, 11) is 0. The Labute approximate surface area is 135 Å². The van der Waals surface area contributed by atoms with Crippen LogP contribution in [0.5, 0.6) is 0 Å². The Bertz CT molecular complexity index is 834. The number of carbonyl (C=O) groups is 1. The van der Waals surface area contributed by atoms with Gasteiger partial charge in [-0.2, -0.15) is 0 Å². The summed E-state index contributed by atoms with van der Waals surface area (Å²) in [6, 6.07) is 15.5. The molecule has 2 aromatic heterocycles. The molecule has 0 spiro atoms. The van der Waals surface area contributed by atoms with Crippen molar-refractivity contribution >= 4 is 5.97 Å². The number of pyridine rings is 1. The van der Waals surface area contributed by atoms with Crippen LogP contribution in [-0.2, 0) is 6.42 Å². The third-order valence-electron chi connectivity index (χ3n) is 4.01. The first-order chi connectivity index (χ1) is 11.1. The highest BCUT2D eigenvalue weighted by molar-refractivity contribution is 5.91. The van der Waals surface area contributed by atoms with Gasteiger partial charge in [0.05, 0.1) is 17.0 Å². The first-order valence-corrected chi connectivity index (χ1v) is 7.58. The van der Waals surface area contributed by atoms with Gasteiger partial charge in [-0.25, -0.2) is 4.79 Å². The Kier molecular flexibility index (Phi) is 3.98. The second kappa shape index (κ2) is 6.08. The average molecular weight is 306 g/mol. The minimum atomic E-state index is -0.927. The topological polar surface area (TPSA) is 55.1 Å². The summed E-state index contributed by atoms with van der Waals surface area (Å²) in [5.41, 5.74) is 4.71. The molecule has 0 atom stereocenters.